The Labute approximate surface area is 159 Å². The Morgan fingerprint density at radius 2 is 1.76 bits per heavy atom. The minimum Gasteiger partial charge on any atom is -0.365 e. The van der Waals surface area contributed by atoms with Crippen molar-refractivity contribution in [2.24, 2.45) is 0 Å². The number of hydrogen-bond donors (Lipinski definition) is 1. The molecule has 11 heteroatoms. The topological polar surface area (TPSA) is 46.5 Å². The number of rotatable bonds is 5. The largest absolute Gasteiger partial charge is 0.365 e. The van der Waals surface area contributed by atoms with Crippen molar-refractivity contribution in [2.45, 2.75) is 26.4 Å². The molecule has 0 aliphatic carbocycles. The lowest BCUT2D eigenvalue weighted by atomic mass is 10.1. The van der Waals surface area contributed by atoms with E-state index in [0.717, 1.165) is 11.3 Å². The third kappa shape index (κ3) is 6.76. The lowest BCUT2D eigenvalue weighted by molar-refractivity contribution is -0.130. The normalized spacial score (nSPS) is 15.8. The highest BCUT2D eigenvalue weighted by Gasteiger charge is 2.42. The van der Waals surface area contributed by atoms with Crippen LogP contribution >= 0.6 is 92.5 Å². The predicted octanol–water partition coefficient (Wildman–Crippen LogP) is 5.42. The number of ether oxygens (including phenoxy) is 1. The zero-order chi connectivity index (χ0) is 16.4. The molecule has 1 heterocycles. The third-order valence-corrected chi connectivity index (χ3v) is 4.72. The molecule has 1 N–H and O–H groups in total. The molecule has 2 atom stereocenters. The summed E-state index contributed by atoms with van der Waals surface area (Å²) in [6, 6.07) is 3.08. The van der Waals surface area contributed by atoms with Gasteiger partial charge in [-0.1, -0.05) is 81.2 Å². The first-order valence-electron chi connectivity index (χ1n) is 5.16. The number of ketones is 1. The van der Waals surface area contributed by atoms with Crippen LogP contribution in [0.5, 0.6) is 0 Å². The highest BCUT2D eigenvalue weighted by molar-refractivity contribution is 7.18. The van der Waals surface area contributed by atoms with Crippen molar-refractivity contribution in [3.05, 3.63) is 21.3 Å². The van der Waals surface area contributed by atoms with Crippen LogP contribution < -0.4 is 0 Å². The van der Waals surface area contributed by atoms with Gasteiger partial charge in [0.1, 0.15) is 6.10 Å². The summed E-state index contributed by atoms with van der Waals surface area (Å²) in [7, 11) is 0. The molecule has 0 spiro atoms. The van der Waals surface area contributed by atoms with Gasteiger partial charge in [-0.2, -0.15) is 0 Å². The predicted molar refractivity (Wildman–Crippen MR) is 89.7 cm³/mol. The van der Waals surface area contributed by atoms with E-state index in [-0.39, 0.29) is 12.2 Å². The number of aliphatic hydroxyl groups is 1. The Morgan fingerprint density at radius 3 is 2.14 bits per heavy atom. The zero-order valence-electron chi connectivity index (χ0n) is 9.83. The fourth-order valence-electron chi connectivity index (χ4n) is 1.21. The van der Waals surface area contributed by atoms with E-state index in [9.17, 15) is 9.90 Å². The number of alkyl halides is 6. The lowest BCUT2D eigenvalue weighted by Gasteiger charge is -2.29. The van der Waals surface area contributed by atoms with Gasteiger partial charge in [0, 0.05) is 6.42 Å². The molecular formula is C10H7Cl7O3S. The van der Waals surface area contributed by atoms with Crippen molar-refractivity contribution in [1.82, 2.24) is 0 Å². The van der Waals surface area contributed by atoms with Crippen molar-refractivity contribution in [3.8, 4) is 0 Å². The summed E-state index contributed by atoms with van der Waals surface area (Å²) in [5.41, 5.74) is 0. The Balaban J connectivity index is 2.82. The summed E-state index contributed by atoms with van der Waals surface area (Å²) in [5, 5.41) is 9.58. The molecule has 0 aromatic carbocycles. The molecule has 0 bridgehead atoms. The van der Waals surface area contributed by atoms with Crippen LogP contribution in [0.15, 0.2) is 12.1 Å². The molecule has 1 aromatic heterocycles. The Morgan fingerprint density at radius 1 is 1.19 bits per heavy atom. The van der Waals surface area contributed by atoms with Gasteiger partial charge in [-0.25, -0.2) is 0 Å². The van der Waals surface area contributed by atoms with Crippen molar-refractivity contribution in [1.29, 1.82) is 0 Å². The molecule has 21 heavy (non-hydrogen) atoms. The van der Waals surface area contributed by atoms with Gasteiger partial charge in [0.2, 0.25) is 13.9 Å². The Kier molecular flexibility index (Phi) is 7.69. The smallest absolute Gasteiger partial charge is 0.240 e. The van der Waals surface area contributed by atoms with Gasteiger partial charge in [0.25, 0.3) is 0 Å². The van der Waals surface area contributed by atoms with E-state index in [1.54, 1.807) is 6.07 Å². The first kappa shape index (κ1) is 20.4. The maximum atomic E-state index is 12.1. The number of Topliss-reactive ketones (excluding diaryl/α,β-unsaturated/α-hetero) is 1. The quantitative estimate of drug-likeness (QED) is 0.367. The maximum Gasteiger partial charge on any atom is 0.240 e. The number of carbonyl (C=O) groups is 1. The number of halogens is 7. The Hall–Kier alpha value is 1.32. The van der Waals surface area contributed by atoms with Crippen molar-refractivity contribution in [2.75, 3.05) is 0 Å². The summed E-state index contributed by atoms with van der Waals surface area (Å²) in [4.78, 5) is 12.4. The monoisotopic (exact) mass is 452 g/mol. The molecule has 0 amide bonds. The van der Waals surface area contributed by atoms with Crippen LogP contribution in [0.25, 0.3) is 0 Å². The first-order valence-corrected chi connectivity index (χ1v) is 8.63. The number of carbonyl (C=O) groups excluding carboxylic acids is 1. The van der Waals surface area contributed by atoms with Crippen molar-refractivity contribution in [3.63, 3.8) is 0 Å². The van der Waals surface area contributed by atoms with Crippen LogP contribution in [-0.4, -0.2) is 30.9 Å². The minimum atomic E-state index is -2.15. The van der Waals surface area contributed by atoms with Crippen LogP contribution in [0.1, 0.15) is 16.1 Å². The van der Waals surface area contributed by atoms with Gasteiger partial charge in [-0.15, -0.1) is 11.3 Å². The third-order valence-electron chi connectivity index (χ3n) is 2.16. The van der Waals surface area contributed by atoms with Gasteiger partial charge >= 0.3 is 0 Å². The number of hydrogen-bond acceptors (Lipinski definition) is 4. The molecule has 0 radical (unpaired) electrons. The molecule has 0 saturated heterocycles. The van der Waals surface area contributed by atoms with E-state index < -0.39 is 20.0 Å². The van der Waals surface area contributed by atoms with Crippen molar-refractivity contribution >= 4 is 98.3 Å². The second-order valence-corrected chi connectivity index (χ2v) is 10.2. The summed E-state index contributed by atoms with van der Waals surface area (Å²) >= 11 is 40.3. The van der Waals surface area contributed by atoms with E-state index in [2.05, 4.69) is 0 Å². The molecule has 0 aliphatic rings. The van der Waals surface area contributed by atoms with Gasteiger partial charge in [0.05, 0.1) is 9.21 Å². The van der Waals surface area contributed by atoms with Crippen LogP contribution in [0.4, 0.5) is 0 Å². The average molecular weight is 455 g/mol. The highest BCUT2D eigenvalue weighted by Crippen LogP contribution is 2.39. The van der Waals surface area contributed by atoms with E-state index in [1.165, 1.54) is 6.07 Å². The Bertz CT molecular complexity index is 494. The summed E-state index contributed by atoms with van der Waals surface area (Å²) in [6.45, 7) is 0. The molecule has 2 unspecified atom stereocenters. The first-order chi connectivity index (χ1) is 9.41. The zero-order valence-corrected chi connectivity index (χ0v) is 15.9. The summed E-state index contributed by atoms with van der Waals surface area (Å²) in [5.74, 6) is -0.389. The average Bonchev–Trinajstić information content (AvgIpc) is 2.72. The number of thiophene rings is 1. The fraction of sp³-hybridized carbons (Fsp3) is 0.500. The van der Waals surface area contributed by atoms with Crippen LogP contribution in [0.3, 0.4) is 0 Å². The van der Waals surface area contributed by atoms with Gasteiger partial charge in [0.15, 0.2) is 5.78 Å². The van der Waals surface area contributed by atoms with Crippen LogP contribution in [0.2, 0.25) is 4.34 Å². The van der Waals surface area contributed by atoms with Crippen molar-refractivity contribution < 1.29 is 14.6 Å². The molecule has 0 fully saturated rings. The number of aliphatic hydroxyl groups excluding tert-OH is 1. The van der Waals surface area contributed by atoms with E-state index in [4.69, 9.17) is 85.9 Å². The molecule has 3 nitrogen and oxygen atoms in total. The molecule has 1 rings (SSSR count). The minimum absolute atomic E-state index is 0.342. The molecule has 0 saturated carbocycles. The van der Waals surface area contributed by atoms with Gasteiger partial charge < -0.3 is 9.84 Å². The summed E-state index contributed by atoms with van der Waals surface area (Å²) in [6.07, 6.45) is -3.53. The van der Waals surface area contributed by atoms with E-state index in [0.29, 0.717) is 9.21 Å². The van der Waals surface area contributed by atoms with E-state index >= 15 is 0 Å². The molecule has 120 valence electrons. The van der Waals surface area contributed by atoms with Crippen LogP contribution in [-0.2, 0) is 4.74 Å². The second kappa shape index (κ2) is 7.93. The SMILES string of the molecule is O=C(CC(OC(O)C(Cl)(Cl)Cl)C(Cl)(Cl)Cl)c1ccc(Cl)s1. The molecular weight excluding hydrogens is 448 g/mol. The standard InChI is InChI=1S/C10H7Cl7O3S/c11-7-2-1-5(21-7)4(18)3-6(9(12,13)14)20-8(19)10(15,16)17/h1-2,6,8,19H,3H2. The highest BCUT2D eigenvalue weighted by atomic mass is 35.6. The molecule has 0 aliphatic heterocycles. The second-order valence-electron chi connectivity index (χ2n) is 3.79. The molecule has 1 aromatic rings. The lowest BCUT2D eigenvalue weighted by Crippen LogP contribution is -2.39. The van der Waals surface area contributed by atoms with E-state index in [1.807, 2.05) is 0 Å². The summed E-state index contributed by atoms with van der Waals surface area (Å²) < 4.78 is 1.27. The fourth-order valence-corrected chi connectivity index (χ4v) is 2.74. The maximum absolute atomic E-state index is 12.1. The van der Waals surface area contributed by atoms with Gasteiger partial charge in [-0.3, -0.25) is 4.79 Å². The van der Waals surface area contributed by atoms with Gasteiger partial charge in [-0.05, 0) is 12.1 Å². The van der Waals surface area contributed by atoms with Crippen LogP contribution in [0, 0.1) is 0 Å².